The number of carboxylic acid groups (broad SMARTS) is 4. The van der Waals surface area contributed by atoms with Gasteiger partial charge in [0.05, 0.1) is 17.8 Å². The van der Waals surface area contributed by atoms with E-state index in [0.29, 0.717) is 0 Å². The lowest BCUT2D eigenvalue weighted by Gasteiger charge is -2.25. The zero-order chi connectivity index (χ0) is 18.3. The highest BCUT2D eigenvalue weighted by Crippen LogP contribution is 2.25. The molecule has 1 heterocycles. The van der Waals surface area contributed by atoms with Crippen molar-refractivity contribution in [3.8, 4) is 0 Å². The Hall–Kier alpha value is -2.32. The standard InChI is InChI=1S/C15H23NO8/c17-12(18)9-1-3-10(13(19)20)5-7-16(15(23)24)8-6-11(4-2-9)14(21)22/h9-11H,1-8H2,(H,17,18)(H,19,20)(H,21,22)(H,23,24). The van der Waals surface area contributed by atoms with Gasteiger partial charge in [-0.05, 0) is 38.5 Å². The van der Waals surface area contributed by atoms with Crippen LogP contribution in [0, 0.1) is 17.8 Å². The largest absolute Gasteiger partial charge is 0.481 e. The molecule has 2 atom stereocenters. The highest BCUT2D eigenvalue weighted by Gasteiger charge is 2.28. The van der Waals surface area contributed by atoms with Gasteiger partial charge in [0.15, 0.2) is 0 Å². The van der Waals surface area contributed by atoms with Crippen molar-refractivity contribution in [3.05, 3.63) is 0 Å². The molecule has 1 rings (SSSR count). The average molecular weight is 345 g/mol. The molecule has 0 saturated carbocycles. The third kappa shape index (κ3) is 6.05. The van der Waals surface area contributed by atoms with E-state index in [4.69, 9.17) is 5.11 Å². The Morgan fingerprint density at radius 2 is 0.875 bits per heavy atom. The molecule has 2 unspecified atom stereocenters. The molecular weight excluding hydrogens is 322 g/mol. The van der Waals surface area contributed by atoms with Gasteiger partial charge in [0, 0.05) is 13.1 Å². The second-order valence-electron chi connectivity index (χ2n) is 6.11. The lowest BCUT2D eigenvalue weighted by atomic mass is 9.87. The van der Waals surface area contributed by atoms with E-state index in [1.54, 1.807) is 0 Å². The Balaban J connectivity index is 2.92. The van der Waals surface area contributed by atoms with Crippen molar-refractivity contribution >= 4 is 24.0 Å². The van der Waals surface area contributed by atoms with Gasteiger partial charge < -0.3 is 25.3 Å². The van der Waals surface area contributed by atoms with Crippen LogP contribution in [0.25, 0.3) is 0 Å². The van der Waals surface area contributed by atoms with Crippen LogP contribution >= 0.6 is 0 Å². The van der Waals surface area contributed by atoms with Crippen LogP contribution in [-0.4, -0.2) is 62.4 Å². The summed E-state index contributed by atoms with van der Waals surface area (Å²) >= 11 is 0. The summed E-state index contributed by atoms with van der Waals surface area (Å²) < 4.78 is 0. The first-order valence-corrected chi connectivity index (χ1v) is 7.88. The van der Waals surface area contributed by atoms with Crippen molar-refractivity contribution < 1.29 is 39.6 Å². The molecule has 0 spiro atoms. The first-order valence-electron chi connectivity index (χ1n) is 7.88. The third-order valence-electron chi connectivity index (χ3n) is 4.54. The number of hydrogen-bond acceptors (Lipinski definition) is 4. The van der Waals surface area contributed by atoms with Crippen LogP contribution in [0.15, 0.2) is 0 Å². The summed E-state index contributed by atoms with van der Waals surface area (Å²) in [7, 11) is 0. The van der Waals surface area contributed by atoms with Gasteiger partial charge >= 0.3 is 24.0 Å². The molecular formula is C15H23NO8. The summed E-state index contributed by atoms with van der Waals surface area (Å²) in [5.41, 5.74) is 0. The summed E-state index contributed by atoms with van der Waals surface area (Å²) in [6.45, 7) is -0.0350. The number of rotatable bonds is 3. The summed E-state index contributed by atoms with van der Waals surface area (Å²) in [5.74, 6) is -5.64. The molecule has 4 N–H and O–H groups in total. The zero-order valence-electron chi connectivity index (χ0n) is 13.3. The van der Waals surface area contributed by atoms with Gasteiger partial charge in [0.25, 0.3) is 0 Å². The summed E-state index contributed by atoms with van der Waals surface area (Å²) in [6, 6.07) is 0. The molecule has 1 aliphatic rings. The maximum atomic E-state index is 11.3. The van der Waals surface area contributed by atoms with Gasteiger partial charge in [-0.15, -0.1) is 0 Å². The monoisotopic (exact) mass is 345 g/mol. The number of nitrogens with zero attached hydrogens (tertiary/aromatic N) is 1. The van der Waals surface area contributed by atoms with Crippen LogP contribution in [0.1, 0.15) is 38.5 Å². The molecule has 1 fully saturated rings. The summed E-state index contributed by atoms with van der Waals surface area (Å²) in [4.78, 5) is 46.1. The Morgan fingerprint density at radius 1 is 0.583 bits per heavy atom. The predicted molar refractivity (Wildman–Crippen MR) is 80.7 cm³/mol. The molecule has 1 saturated heterocycles. The fourth-order valence-corrected chi connectivity index (χ4v) is 2.91. The zero-order valence-corrected chi connectivity index (χ0v) is 13.3. The first kappa shape index (κ1) is 19.7. The van der Waals surface area contributed by atoms with E-state index in [0.717, 1.165) is 4.90 Å². The second kappa shape index (κ2) is 9.09. The van der Waals surface area contributed by atoms with Gasteiger partial charge in [-0.3, -0.25) is 14.4 Å². The molecule has 0 aliphatic carbocycles. The molecule has 24 heavy (non-hydrogen) atoms. The molecule has 0 aromatic heterocycles. The van der Waals surface area contributed by atoms with E-state index >= 15 is 0 Å². The lowest BCUT2D eigenvalue weighted by Crippen LogP contribution is -2.35. The molecule has 0 bridgehead atoms. The van der Waals surface area contributed by atoms with E-state index < -0.39 is 41.8 Å². The van der Waals surface area contributed by atoms with E-state index in [-0.39, 0.29) is 51.6 Å². The Labute approximate surface area is 138 Å². The minimum absolute atomic E-state index is 0.0175. The minimum Gasteiger partial charge on any atom is -0.481 e. The fourth-order valence-electron chi connectivity index (χ4n) is 2.91. The minimum atomic E-state index is -1.22. The van der Waals surface area contributed by atoms with Gasteiger partial charge in [0.2, 0.25) is 0 Å². The topological polar surface area (TPSA) is 152 Å². The molecule has 1 aliphatic heterocycles. The summed E-state index contributed by atoms with van der Waals surface area (Å²) in [6.07, 6.45) is -0.562. The van der Waals surface area contributed by atoms with Crippen molar-refractivity contribution in [2.24, 2.45) is 17.8 Å². The smallest absolute Gasteiger partial charge is 0.407 e. The number of hydrogen-bond donors (Lipinski definition) is 4. The molecule has 0 radical (unpaired) electrons. The van der Waals surface area contributed by atoms with Crippen LogP contribution in [0.2, 0.25) is 0 Å². The van der Waals surface area contributed by atoms with Crippen LogP contribution < -0.4 is 0 Å². The molecule has 9 heteroatoms. The Bertz CT molecular complexity index is 388. The van der Waals surface area contributed by atoms with Crippen molar-refractivity contribution in [2.45, 2.75) is 38.5 Å². The molecule has 0 aromatic rings. The predicted octanol–water partition coefficient (Wildman–Crippen LogP) is 1.42. The van der Waals surface area contributed by atoms with Gasteiger partial charge in [-0.1, -0.05) is 0 Å². The van der Waals surface area contributed by atoms with Crippen molar-refractivity contribution in [2.75, 3.05) is 13.1 Å². The second-order valence-corrected chi connectivity index (χ2v) is 6.11. The molecule has 0 aromatic carbocycles. The average Bonchev–Trinajstić information content (AvgIpc) is 2.46. The number of carbonyl (C=O) groups is 4. The number of amides is 1. The van der Waals surface area contributed by atoms with Crippen molar-refractivity contribution in [1.82, 2.24) is 4.90 Å². The van der Waals surface area contributed by atoms with E-state index in [2.05, 4.69) is 0 Å². The van der Waals surface area contributed by atoms with Gasteiger partial charge in [-0.2, -0.15) is 0 Å². The Morgan fingerprint density at radius 3 is 1.12 bits per heavy atom. The number of aliphatic carboxylic acids is 3. The maximum absolute atomic E-state index is 11.3. The highest BCUT2D eigenvalue weighted by molar-refractivity contribution is 5.72. The number of carboxylic acids is 3. The highest BCUT2D eigenvalue weighted by atomic mass is 16.4. The van der Waals surface area contributed by atoms with Crippen LogP contribution in [-0.2, 0) is 14.4 Å². The fraction of sp³-hybridized carbons (Fsp3) is 0.733. The normalized spacial score (nSPS) is 26.7. The van der Waals surface area contributed by atoms with Crippen molar-refractivity contribution in [3.63, 3.8) is 0 Å². The third-order valence-corrected chi connectivity index (χ3v) is 4.54. The maximum Gasteiger partial charge on any atom is 0.407 e. The SMILES string of the molecule is O=C(O)C1CCC(C(=O)O)CCN(C(=O)O)CCC(C(=O)O)CC1. The molecule has 9 nitrogen and oxygen atoms in total. The summed E-state index contributed by atoms with van der Waals surface area (Å²) in [5, 5.41) is 36.8. The Kier molecular flexibility index (Phi) is 7.47. The van der Waals surface area contributed by atoms with Crippen molar-refractivity contribution in [1.29, 1.82) is 0 Å². The van der Waals surface area contributed by atoms with E-state index in [1.165, 1.54) is 0 Å². The van der Waals surface area contributed by atoms with Crippen LogP contribution in [0.5, 0.6) is 0 Å². The molecule has 136 valence electrons. The van der Waals surface area contributed by atoms with E-state index in [9.17, 15) is 34.5 Å². The van der Waals surface area contributed by atoms with Crippen LogP contribution in [0.4, 0.5) is 4.79 Å². The van der Waals surface area contributed by atoms with Gasteiger partial charge in [0.1, 0.15) is 0 Å². The quantitative estimate of drug-likeness (QED) is 0.599. The first-order chi connectivity index (χ1) is 11.2. The lowest BCUT2D eigenvalue weighted by molar-refractivity contribution is -0.146. The molecule has 1 amide bonds. The van der Waals surface area contributed by atoms with Gasteiger partial charge in [-0.25, -0.2) is 4.79 Å². The van der Waals surface area contributed by atoms with Crippen LogP contribution in [0.3, 0.4) is 0 Å². The van der Waals surface area contributed by atoms with E-state index in [1.807, 2.05) is 0 Å².